The molecule has 0 aromatic heterocycles. The van der Waals surface area contributed by atoms with E-state index in [1.807, 2.05) is 41.3 Å². The first-order valence-electron chi connectivity index (χ1n) is 8.11. The topological polar surface area (TPSA) is 89.2 Å². The summed E-state index contributed by atoms with van der Waals surface area (Å²) < 4.78 is 5.72. The summed E-state index contributed by atoms with van der Waals surface area (Å²) in [6.45, 7) is 1.11. The van der Waals surface area contributed by atoms with E-state index in [9.17, 15) is 0 Å². The van der Waals surface area contributed by atoms with Crippen molar-refractivity contribution in [2.24, 2.45) is 21.5 Å². The Morgan fingerprint density at radius 3 is 2.44 bits per heavy atom. The molecule has 1 aliphatic rings. The molecule has 0 saturated carbocycles. The molecule has 0 fully saturated rings. The summed E-state index contributed by atoms with van der Waals surface area (Å²) in [5, 5.41) is 1.28. The molecule has 0 amide bonds. The number of guanidine groups is 2. The van der Waals surface area contributed by atoms with Crippen LogP contribution in [0.4, 0.5) is 0 Å². The molecule has 6 nitrogen and oxygen atoms in total. The van der Waals surface area contributed by atoms with Crippen LogP contribution in [0.3, 0.4) is 0 Å². The quantitative estimate of drug-likeness (QED) is 0.684. The average molecular weight is 429 g/mol. The Kier molecular flexibility index (Phi) is 7.59. The molecule has 27 heavy (non-hydrogen) atoms. The minimum Gasteiger partial charge on any atom is -0.494 e. The fourth-order valence-corrected chi connectivity index (χ4v) is 3.00. The number of nitrogens with two attached hydrogens (primary N) is 2. The SMILES string of the molecule is Cl.NC1=NC(c2ccccc2Cl)N(CCCOc2ccc(Cl)cc2)C(N)=N1. The first kappa shape index (κ1) is 21.2. The molecule has 2 aromatic rings. The van der Waals surface area contributed by atoms with Crippen LogP contribution >= 0.6 is 35.6 Å². The van der Waals surface area contributed by atoms with E-state index < -0.39 is 6.17 Å². The van der Waals surface area contributed by atoms with E-state index in [2.05, 4.69) is 9.98 Å². The van der Waals surface area contributed by atoms with Crippen LogP contribution in [0.5, 0.6) is 5.75 Å². The molecule has 2 aromatic carbocycles. The molecular formula is C18H20Cl3N5O. The van der Waals surface area contributed by atoms with Crippen molar-refractivity contribution in [3.8, 4) is 5.75 Å². The zero-order valence-corrected chi connectivity index (χ0v) is 16.7. The van der Waals surface area contributed by atoms with Gasteiger partial charge in [0, 0.05) is 22.2 Å². The third kappa shape index (κ3) is 5.42. The molecule has 1 aliphatic heterocycles. The Morgan fingerprint density at radius 2 is 1.74 bits per heavy atom. The Balaban J connectivity index is 0.00000261. The second-order valence-electron chi connectivity index (χ2n) is 5.70. The zero-order chi connectivity index (χ0) is 18.5. The highest BCUT2D eigenvalue weighted by atomic mass is 35.5. The minimum atomic E-state index is -0.406. The van der Waals surface area contributed by atoms with Gasteiger partial charge in [-0.25, -0.2) is 4.99 Å². The maximum atomic E-state index is 6.32. The van der Waals surface area contributed by atoms with E-state index in [-0.39, 0.29) is 18.4 Å². The van der Waals surface area contributed by atoms with E-state index in [4.69, 9.17) is 39.4 Å². The minimum absolute atomic E-state index is 0. The summed E-state index contributed by atoms with van der Waals surface area (Å²) in [4.78, 5) is 10.3. The Hall–Kier alpha value is -2.15. The van der Waals surface area contributed by atoms with Gasteiger partial charge >= 0.3 is 0 Å². The predicted octanol–water partition coefficient (Wildman–Crippen LogP) is 3.83. The average Bonchev–Trinajstić information content (AvgIpc) is 2.62. The Bertz CT molecular complexity index is 826. The highest BCUT2D eigenvalue weighted by Gasteiger charge is 2.27. The van der Waals surface area contributed by atoms with Crippen LogP contribution < -0.4 is 16.2 Å². The number of aliphatic imine (C=N–C) groups is 2. The lowest BCUT2D eigenvalue weighted by atomic mass is 10.1. The molecule has 4 N–H and O–H groups in total. The second kappa shape index (κ2) is 9.69. The Morgan fingerprint density at radius 1 is 1.04 bits per heavy atom. The lowest BCUT2D eigenvalue weighted by Gasteiger charge is -2.33. The number of halogens is 3. The number of benzene rings is 2. The van der Waals surface area contributed by atoms with Crippen molar-refractivity contribution in [3.05, 3.63) is 64.1 Å². The first-order valence-corrected chi connectivity index (χ1v) is 8.87. The molecule has 9 heteroatoms. The maximum absolute atomic E-state index is 6.32. The smallest absolute Gasteiger partial charge is 0.220 e. The van der Waals surface area contributed by atoms with Gasteiger partial charge in [-0.15, -0.1) is 12.4 Å². The molecule has 1 heterocycles. The van der Waals surface area contributed by atoms with E-state index >= 15 is 0 Å². The predicted molar refractivity (Wildman–Crippen MR) is 113 cm³/mol. The number of ether oxygens (including phenoxy) is 1. The van der Waals surface area contributed by atoms with Gasteiger partial charge in [-0.3, -0.25) is 0 Å². The van der Waals surface area contributed by atoms with E-state index in [1.54, 1.807) is 12.1 Å². The molecule has 0 aliphatic carbocycles. The fraction of sp³-hybridized carbons (Fsp3) is 0.222. The monoisotopic (exact) mass is 427 g/mol. The van der Waals surface area contributed by atoms with Crippen molar-refractivity contribution >= 4 is 47.5 Å². The lowest BCUT2D eigenvalue weighted by molar-refractivity contribution is 0.258. The first-order chi connectivity index (χ1) is 12.5. The number of rotatable bonds is 6. The summed E-state index contributed by atoms with van der Waals surface area (Å²) in [6, 6.07) is 14.7. The largest absolute Gasteiger partial charge is 0.494 e. The summed E-state index contributed by atoms with van der Waals surface area (Å²) in [5.41, 5.74) is 12.7. The number of hydrogen-bond acceptors (Lipinski definition) is 6. The van der Waals surface area contributed by atoms with Crippen molar-refractivity contribution in [2.45, 2.75) is 12.6 Å². The van der Waals surface area contributed by atoms with Crippen molar-refractivity contribution < 1.29 is 4.74 Å². The van der Waals surface area contributed by atoms with Crippen molar-refractivity contribution in [1.82, 2.24) is 4.90 Å². The normalized spacial score (nSPS) is 16.2. The van der Waals surface area contributed by atoms with Gasteiger partial charge < -0.3 is 21.1 Å². The molecule has 1 unspecified atom stereocenters. The van der Waals surface area contributed by atoms with Crippen LogP contribution in [0.15, 0.2) is 58.5 Å². The number of hydrogen-bond donors (Lipinski definition) is 2. The molecule has 0 saturated heterocycles. The fourth-order valence-electron chi connectivity index (χ4n) is 2.65. The van der Waals surface area contributed by atoms with Gasteiger partial charge in [-0.05, 0) is 36.8 Å². The van der Waals surface area contributed by atoms with E-state index in [0.717, 1.165) is 17.7 Å². The molecule has 0 spiro atoms. The second-order valence-corrected chi connectivity index (χ2v) is 6.55. The maximum Gasteiger partial charge on any atom is 0.220 e. The van der Waals surface area contributed by atoms with Gasteiger partial charge in [0.15, 0.2) is 6.17 Å². The standard InChI is InChI=1S/C18H19Cl2N5O.ClH/c19-12-6-8-13(9-7-12)26-11-3-10-25-16(23-17(21)24-18(25)22)14-4-1-2-5-15(14)20;/h1-2,4-9,16H,3,10-11H2,(H4,21,22,23,24);1H. The van der Waals surface area contributed by atoms with Gasteiger partial charge in [0.1, 0.15) is 5.75 Å². The molecule has 0 radical (unpaired) electrons. The van der Waals surface area contributed by atoms with Crippen LogP contribution in [-0.4, -0.2) is 30.0 Å². The summed E-state index contributed by atoms with van der Waals surface area (Å²) >= 11 is 12.2. The van der Waals surface area contributed by atoms with Crippen LogP contribution in [0.25, 0.3) is 0 Å². The van der Waals surface area contributed by atoms with Crippen LogP contribution in [0, 0.1) is 0 Å². The van der Waals surface area contributed by atoms with Crippen LogP contribution in [-0.2, 0) is 0 Å². The highest BCUT2D eigenvalue weighted by Crippen LogP contribution is 2.30. The zero-order valence-electron chi connectivity index (χ0n) is 14.4. The Labute approximate surface area is 174 Å². The molecule has 144 valence electrons. The third-order valence-electron chi connectivity index (χ3n) is 3.88. The molecule has 1 atom stereocenters. The van der Waals surface area contributed by atoms with Crippen LogP contribution in [0.2, 0.25) is 10.0 Å². The van der Waals surface area contributed by atoms with Gasteiger partial charge in [-0.1, -0.05) is 41.4 Å². The lowest BCUT2D eigenvalue weighted by Crippen LogP contribution is -2.45. The van der Waals surface area contributed by atoms with Gasteiger partial charge in [0.2, 0.25) is 11.9 Å². The van der Waals surface area contributed by atoms with Crippen molar-refractivity contribution in [1.29, 1.82) is 0 Å². The third-order valence-corrected chi connectivity index (χ3v) is 4.48. The highest BCUT2D eigenvalue weighted by molar-refractivity contribution is 6.31. The van der Waals surface area contributed by atoms with Crippen molar-refractivity contribution in [3.63, 3.8) is 0 Å². The number of nitrogens with zero attached hydrogens (tertiary/aromatic N) is 3. The molecule has 0 bridgehead atoms. The molecule has 3 rings (SSSR count). The van der Waals surface area contributed by atoms with Gasteiger partial charge in [-0.2, -0.15) is 4.99 Å². The van der Waals surface area contributed by atoms with Crippen LogP contribution in [0.1, 0.15) is 18.2 Å². The van der Waals surface area contributed by atoms with Gasteiger partial charge in [0.05, 0.1) is 6.61 Å². The van der Waals surface area contributed by atoms with E-state index in [0.29, 0.717) is 29.2 Å². The summed E-state index contributed by atoms with van der Waals surface area (Å²) in [5.74, 6) is 1.22. The van der Waals surface area contributed by atoms with E-state index in [1.165, 1.54) is 0 Å². The summed E-state index contributed by atoms with van der Waals surface area (Å²) in [6.07, 6.45) is 0.312. The summed E-state index contributed by atoms with van der Waals surface area (Å²) in [7, 11) is 0. The molecular weight excluding hydrogens is 409 g/mol. The van der Waals surface area contributed by atoms with Crippen molar-refractivity contribution in [2.75, 3.05) is 13.2 Å². The van der Waals surface area contributed by atoms with Gasteiger partial charge in [0.25, 0.3) is 0 Å².